The average molecular weight is 286 g/mol. The fraction of sp³-hybridized carbons (Fsp3) is 0.500. The van der Waals surface area contributed by atoms with Crippen LogP contribution in [0.4, 0.5) is 4.39 Å². The summed E-state index contributed by atoms with van der Waals surface area (Å²) in [7, 11) is 0. The van der Waals surface area contributed by atoms with Crippen molar-refractivity contribution in [1.29, 1.82) is 0 Å². The van der Waals surface area contributed by atoms with Crippen LogP contribution in [0.5, 0.6) is 5.75 Å². The molecule has 0 aromatic heterocycles. The van der Waals surface area contributed by atoms with Crippen LogP contribution in [-0.4, -0.2) is 22.9 Å². The van der Waals surface area contributed by atoms with Crippen LogP contribution in [0.15, 0.2) is 18.2 Å². The molecule has 2 N–H and O–H groups in total. The lowest BCUT2D eigenvalue weighted by molar-refractivity contribution is 0.0941. The van der Waals surface area contributed by atoms with Crippen molar-refractivity contribution >= 4 is 17.5 Å². The minimum absolute atomic E-state index is 0.104. The SMILES string of the molecule is O=C(NCC1CCC(Cl)CC1)c1ccc(F)cc1O. The van der Waals surface area contributed by atoms with Gasteiger partial charge in [-0.2, -0.15) is 0 Å². The zero-order valence-corrected chi connectivity index (χ0v) is 11.3. The quantitative estimate of drug-likeness (QED) is 0.839. The van der Waals surface area contributed by atoms with Gasteiger partial charge < -0.3 is 10.4 Å². The second kappa shape index (κ2) is 6.24. The number of amides is 1. The van der Waals surface area contributed by atoms with Crippen LogP contribution in [0.2, 0.25) is 0 Å². The number of alkyl halides is 1. The van der Waals surface area contributed by atoms with Crippen molar-refractivity contribution in [2.24, 2.45) is 5.92 Å². The molecular weight excluding hydrogens is 269 g/mol. The number of aromatic hydroxyl groups is 1. The van der Waals surface area contributed by atoms with Crippen molar-refractivity contribution in [3.8, 4) is 5.75 Å². The maximum Gasteiger partial charge on any atom is 0.255 e. The lowest BCUT2D eigenvalue weighted by Crippen LogP contribution is -2.31. The van der Waals surface area contributed by atoms with E-state index in [1.807, 2.05) is 0 Å². The molecule has 1 aromatic carbocycles. The van der Waals surface area contributed by atoms with Crippen molar-refractivity contribution in [2.45, 2.75) is 31.1 Å². The molecule has 0 radical (unpaired) electrons. The Hall–Kier alpha value is -1.29. The van der Waals surface area contributed by atoms with Crippen LogP contribution < -0.4 is 5.32 Å². The van der Waals surface area contributed by atoms with Crippen LogP contribution in [0.3, 0.4) is 0 Å². The summed E-state index contributed by atoms with van der Waals surface area (Å²) in [5, 5.41) is 12.6. The van der Waals surface area contributed by atoms with Crippen molar-refractivity contribution in [1.82, 2.24) is 5.32 Å². The standard InChI is InChI=1S/C14H17ClFNO2/c15-10-3-1-9(2-4-10)8-17-14(19)12-6-5-11(16)7-13(12)18/h5-7,9-10,18H,1-4,8H2,(H,17,19). The number of rotatable bonds is 3. The predicted molar refractivity (Wildman–Crippen MR) is 72.0 cm³/mol. The van der Waals surface area contributed by atoms with Crippen molar-refractivity contribution in [3.05, 3.63) is 29.6 Å². The molecule has 1 fully saturated rings. The van der Waals surface area contributed by atoms with E-state index >= 15 is 0 Å². The average Bonchev–Trinajstić information content (AvgIpc) is 2.37. The van der Waals surface area contributed by atoms with E-state index in [9.17, 15) is 14.3 Å². The molecule has 0 aliphatic heterocycles. The Morgan fingerprint density at radius 2 is 2.05 bits per heavy atom. The van der Waals surface area contributed by atoms with E-state index in [4.69, 9.17) is 11.6 Å². The van der Waals surface area contributed by atoms with Gasteiger partial charge in [0.25, 0.3) is 5.91 Å². The van der Waals surface area contributed by atoms with Crippen LogP contribution >= 0.6 is 11.6 Å². The van der Waals surface area contributed by atoms with Crippen molar-refractivity contribution in [2.75, 3.05) is 6.54 Å². The summed E-state index contributed by atoms with van der Waals surface area (Å²) in [6, 6.07) is 3.39. The van der Waals surface area contributed by atoms with Gasteiger partial charge in [0.15, 0.2) is 0 Å². The van der Waals surface area contributed by atoms with E-state index in [2.05, 4.69) is 5.32 Å². The molecule has 2 rings (SSSR count). The lowest BCUT2D eigenvalue weighted by atomic mass is 9.89. The van der Waals surface area contributed by atoms with Gasteiger partial charge in [-0.3, -0.25) is 4.79 Å². The van der Waals surface area contributed by atoms with E-state index in [1.165, 1.54) is 6.07 Å². The smallest absolute Gasteiger partial charge is 0.255 e. The predicted octanol–water partition coefficient (Wildman–Crippen LogP) is 3.06. The molecule has 0 saturated heterocycles. The summed E-state index contributed by atoms with van der Waals surface area (Å²) in [4.78, 5) is 11.9. The first-order valence-electron chi connectivity index (χ1n) is 6.47. The van der Waals surface area contributed by atoms with Crippen molar-refractivity contribution < 1.29 is 14.3 Å². The van der Waals surface area contributed by atoms with Gasteiger partial charge in [0.2, 0.25) is 0 Å². The van der Waals surface area contributed by atoms with E-state index in [0.717, 1.165) is 37.8 Å². The molecule has 19 heavy (non-hydrogen) atoms. The highest BCUT2D eigenvalue weighted by atomic mass is 35.5. The highest BCUT2D eigenvalue weighted by Gasteiger charge is 2.20. The third kappa shape index (κ3) is 3.83. The van der Waals surface area contributed by atoms with Gasteiger partial charge in [-0.1, -0.05) is 0 Å². The van der Waals surface area contributed by atoms with Crippen LogP contribution in [0.1, 0.15) is 36.0 Å². The molecule has 3 nitrogen and oxygen atoms in total. The van der Waals surface area contributed by atoms with Crippen molar-refractivity contribution in [3.63, 3.8) is 0 Å². The summed E-state index contributed by atoms with van der Waals surface area (Å²) >= 11 is 6.02. The summed E-state index contributed by atoms with van der Waals surface area (Å²) in [5.74, 6) is -0.830. The monoisotopic (exact) mass is 285 g/mol. The first-order valence-corrected chi connectivity index (χ1v) is 6.90. The number of hydrogen-bond acceptors (Lipinski definition) is 2. The molecule has 0 unspecified atom stereocenters. The fourth-order valence-corrected chi connectivity index (χ4v) is 2.61. The number of hydrogen-bond donors (Lipinski definition) is 2. The Labute approximate surface area is 116 Å². The number of phenolic OH excluding ortho intramolecular Hbond substituents is 1. The third-order valence-electron chi connectivity index (χ3n) is 3.53. The van der Waals surface area contributed by atoms with E-state index in [-0.39, 0.29) is 22.6 Å². The Balaban J connectivity index is 1.87. The molecule has 0 bridgehead atoms. The molecule has 104 valence electrons. The summed E-state index contributed by atoms with van der Waals surface area (Å²) in [6.07, 6.45) is 3.96. The highest BCUT2D eigenvalue weighted by Crippen LogP contribution is 2.27. The molecule has 0 heterocycles. The van der Waals surface area contributed by atoms with E-state index < -0.39 is 5.82 Å². The molecule has 0 spiro atoms. The van der Waals surface area contributed by atoms with Crippen LogP contribution in [-0.2, 0) is 0 Å². The second-order valence-electron chi connectivity index (χ2n) is 4.99. The Morgan fingerprint density at radius 1 is 1.37 bits per heavy atom. The number of benzene rings is 1. The normalized spacial score (nSPS) is 23.1. The Kier molecular flexibility index (Phi) is 4.64. The van der Waals surface area contributed by atoms with Gasteiger partial charge in [-0.25, -0.2) is 4.39 Å². The van der Waals surface area contributed by atoms with E-state index in [0.29, 0.717) is 12.5 Å². The molecule has 1 aliphatic carbocycles. The number of carbonyl (C=O) groups excluding carboxylic acids is 1. The largest absolute Gasteiger partial charge is 0.507 e. The van der Waals surface area contributed by atoms with E-state index in [1.54, 1.807) is 0 Å². The molecule has 1 saturated carbocycles. The third-order valence-corrected chi connectivity index (χ3v) is 3.97. The minimum atomic E-state index is -0.561. The van der Waals surface area contributed by atoms with Gasteiger partial charge >= 0.3 is 0 Å². The molecule has 1 aliphatic rings. The molecule has 0 atom stereocenters. The maximum absolute atomic E-state index is 12.8. The Bertz CT molecular complexity index is 459. The van der Waals surface area contributed by atoms with Gasteiger partial charge in [-0.15, -0.1) is 11.6 Å². The van der Waals surface area contributed by atoms with Crippen LogP contribution in [0, 0.1) is 11.7 Å². The zero-order valence-electron chi connectivity index (χ0n) is 10.5. The highest BCUT2D eigenvalue weighted by molar-refractivity contribution is 6.20. The van der Waals surface area contributed by atoms with Gasteiger partial charge in [0, 0.05) is 18.0 Å². The molecule has 1 amide bonds. The zero-order chi connectivity index (χ0) is 13.8. The van der Waals surface area contributed by atoms with Crippen LogP contribution in [0.25, 0.3) is 0 Å². The molecule has 1 aromatic rings. The minimum Gasteiger partial charge on any atom is -0.507 e. The number of carbonyl (C=O) groups is 1. The Morgan fingerprint density at radius 3 is 2.68 bits per heavy atom. The number of nitrogens with one attached hydrogen (secondary N) is 1. The topological polar surface area (TPSA) is 49.3 Å². The van der Waals surface area contributed by atoms with Gasteiger partial charge in [0.1, 0.15) is 11.6 Å². The van der Waals surface area contributed by atoms with Gasteiger partial charge in [-0.05, 0) is 43.7 Å². The fourth-order valence-electron chi connectivity index (χ4n) is 2.35. The molecule has 5 heteroatoms. The lowest BCUT2D eigenvalue weighted by Gasteiger charge is -2.25. The second-order valence-corrected chi connectivity index (χ2v) is 5.61. The maximum atomic E-state index is 12.8. The number of halogens is 2. The first kappa shape index (κ1) is 14.1. The summed E-state index contributed by atoms with van der Waals surface area (Å²) in [6.45, 7) is 0.569. The molecular formula is C14H17ClFNO2. The first-order chi connectivity index (χ1) is 9.06. The number of phenols is 1. The summed E-state index contributed by atoms with van der Waals surface area (Å²) in [5.41, 5.74) is 0.104. The van der Waals surface area contributed by atoms with Gasteiger partial charge in [0.05, 0.1) is 5.56 Å². The summed E-state index contributed by atoms with van der Waals surface area (Å²) < 4.78 is 12.8.